The number of ether oxygens (including phenoxy) is 1. The number of aromatic nitrogens is 1. The zero-order valence-electron chi connectivity index (χ0n) is 21.2. The Morgan fingerprint density at radius 2 is 1.82 bits per heavy atom. The van der Waals surface area contributed by atoms with E-state index < -0.39 is 30.2 Å². The first kappa shape index (κ1) is 26.8. The normalized spacial score (nSPS) is 12.9. The van der Waals surface area contributed by atoms with E-state index in [1.54, 1.807) is 13.1 Å². The third kappa shape index (κ3) is 6.36. The van der Waals surface area contributed by atoms with Crippen molar-refractivity contribution < 1.29 is 27.8 Å². The highest BCUT2D eigenvalue weighted by atomic mass is 19.4. The third-order valence-electron chi connectivity index (χ3n) is 6.19. The van der Waals surface area contributed by atoms with E-state index in [1.807, 2.05) is 56.3 Å². The number of nitrogens with one attached hydrogen (secondary N) is 2. The highest BCUT2D eigenvalue weighted by Gasteiger charge is 2.34. The Balaban J connectivity index is 1.65. The quantitative estimate of drug-likeness (QED) is 0.281. The molecule has 38 heavy (non-hydrogen) atoms. The van der Waals surface area contributed by atoms with E-state index in [0.717, 1.165) is 39.2 Å². The number of hydrogen-bond donors (Lipinski definition) is 3. The van der Waals surface area contributed by atoms with Crippen LogP contribution in [0.2, 0.25) is 0 Å². The van der Waals surface area contributed by atoms with Crippen molar-refractivity contribution in [2.45, 2.75) is 39.1 Å². The van der Waals surface area contributed by atoms with E-state index in [4.69, 9.17) is 0 Å². The number of rotatable bonds is 6. The maximum absolute atomic E-state index is 13.3. The van der Waals surface area contributed by atoms with Gasteiger partial charge in [-0.05, 0) is 68.7 Å². The monoisotopic (exact) mass is 520 g/mol. The lowest BCUT2D eigenvalue weighted by molar-refractivity contribution is -0.274. The predicted molar refractivity (Wildman–Crippen MR) is 140 cm³/mol. The van der Waals surface area contributed by atoms with Crippen LogP contribution in [0.3, 0.4) is 0 Å². The lowest BCUT2D eigenvalue weighted by atomic mass is 9.92. The van der Waals surface area contributed by atoms with Crippen molar-refractivity contribution in [1.29, 1.82) is 0 Å². The van der Waals surface area contributed by atoms with Crippen LogP contribution in [0.15, 0.2) is 66.9 Å². The molecule has 0 aliphatic heterocycles. The number of aliphatic hydroxyl groups is 1. The summed E-state index contributed by atoms with van der Waals surface area (Å²) in [6.45, 7) is 5.06. The van der Waals surface area contributed by atoms with Crippen LogP contribution in [0.5, 0.6) is 5.75 Å². The van der Waals surface area contributed by atoms with E-state index in [-0.39, 0.29) is 12.0 Å². The van der Waals surface area contributed by atoms with Gasteiger partial charge in [0.15, 0.2) is 0 Å². The van der Waals surface area contributed by atoms with Gasteiger partial charge < -0.3 is 20.1 Å². The van der Waals surface area contributed by atoms with Crippen molar-refractivity contribution in [2.75, 3.05) is 6.61 Å². The molecule has 0 aliphatic carbocycles. The number of amides is 1. The Hall–Kier alpha value is -4.22. The van der Waals surface area contributed by atoms with Gasteiger partial charge in [0.25, 0.3) is 5.91 Å². The van der Waals surface area contributed by atoms with Gasteiger partial charge in [-0.25, -0.2) is 0 Å². The summed E-state index contributed by atoms with van der Waals surface area (Å²) in [7, 11) is 0. The summed E-state index contributed by atoms with van der Waals surface area (Å²) in [6, 6.07) is 17.0. The molecule has 1 aromatic heterocycles. The van der Waals surface area contributed by atoms with Gasteiger partial charge in [0.1, 0.15) is 5.75 Å². The second kappa shape index (κ2) is 10.6. The van der Waals surface area contributed by atoms with Gasteiger partial charge in [-0.15, -0.1) is 13.2 Å². The summed E-state index contributed by atoms with van der Waals surface area (Å²) in [4.78, 5) is 16.5. The Morgan fingerprint density at radius 3 is 2.53 bits per heavy atom. The Labute approximate surface area is 218 Å². The van der Waals surface area contributed by atoms with Gasteiger partial charge in [-0.2, -0.15) is 0 Å². The van der Waals surface area contributed by atoms with E-state index in [2.05, 4.69) is 26.9 Å². The van der Waals surface area contributed by atoms with E-state index in [0.29, 0.717) is 5.56 Å². The van der Waals surface area contributed by atoms with Crippen LogP contribution >= 0.6 is 0 Å². The van der Waals surface area contributed by atoms with Crippen LogP contribution in [0, 0.1) is 25.7 Å². The molecule has 0 spiro atoms. The number of benzene rings is 3. The molecule has 3 aromatic carbocycles. The number of fused-ring (bicyclic) bond motifs is 1. The molecule has 1 unspecified atom stereocenters. The first-order valence-corrected chi connectivity index (χ1v) is 11.9. The van der Waals surface area contributed by atoms with Crippen LogP contribution in [0.1, 0.15) is 45.1 Å². The second-order valence-corrected chi connectivity index (χ2v) is 9.54. The highest BCUT2D eigenvalue weighted by Crippen LogP contribution is 2.29. The van der Waals surface area contributed by atoms with Crippen LogP contribution < -0.4 is 10.1 Å². The van der Waals surface area contributed by atoms with Crippen molar-refractivity contribution in [3.8, 4) is 17.6 Å². The summed E-state index contributed by atoms with van der Waals surface area (Å²) >= 11 is 0. The number of halogens is 3. The Kier molecular flexibility index (Phi) is 7.51. The largest absolute Gasteiger partial charge is 0.573 e. The van der Waals surface area contributed by atoms with E-state index in [1.165, 1.54) is 12.1 Å². The number of carbonyl (C=O) groups is 1. The molecule has 5 nitrogen and oxygen atoms in total. The average molecular weight is 521 g/mol. The zero-order valence-corrected chi connectivity index (χ0v) is 21.2. The first-order chi connectivity index (χ1) is 18.0. The minimum absolute atomic E-state index is 0.237. The van der Waals surface area contributed by atoms with Crippen molar-refractivity contribution in [3.05, 3.63) is 100 Å². The van der Waals surface area contributed by atoms with Gasteiger partial charge in [0.2, 0.25) is 0 Å². The Bertz CT molecular complexity index is 1550. The van der Waals surface area contributed by atoms with Crippen molar-refractivity contribution in [2.24, 2.45) is 0 Å². The van der Waals surface area contributed by atoms with Gasteiger partial charge >= 0.3 is 6.36 Å². The standard InChI is InChI=1S/C30H27F3N2O3/c1-19-8-11-22(20(2)14-19)12-9-21-10-13-27(38-30(31,32)33)25(15-21)28(37)35-29(3,18-36)16-23-17-34-26-7-5-4-6-24(23)26/h4-8,10-11,13-15,17,34,36H,16,18H2,1-3H3,(H,35,37). The third-order valence-corrected chi connectivity index (χ3v) is 6.19. The van der Waals surface area contributed by atoms with E-state index in [9.17, 15) is 23.1 Å². The molecule has 0 saturated heterocycles. The maximum Gasteiger partial charge on any atom is 0.573 e. The summed E-state index contributed by atoms with van der Waals surface area (Å²) < 4.78 is 43.5. The molecule has 4 aromatic rings. The van der Waals surface area contributed by atoms with Crippen LogP contribution in [-0.4, -0.2) is 34.5 Å². The smallest absolute Gasteiger partial charge is 0.405 e. The molecular weight excluding hydrogens is 493 g/mol. The number of carbonyl (C=O) groups excluding carboxylic acids is 1. The number of hydrogen-bond acceptors (Lipinski definition) is 3. The van der Waals surface area contributed by atoms with Gasteiger partial charge in [0.05, 0.1) is 17.7 Å². The maximum atomic E-state index is 13.3. The Morgan fingerprint density at radius 1 is 1.05 bits per heavy atom. The minimum atomic E-state index is -4.99. The number of alkyl halides is 3. The summed E-state index contributed by atoms with van der Waals surface area (Å²) in [5.74, 6) is 4.45. The molecular formula is C30H27F3N2O3. The SMILES string of the molecule is Cc1ccc(C#Cc2ccc(OC(F)(F)F)c(C(=O)NC(C)(CO)Cc3c[nH]c4ccccc34)c2)c(C)c1. The fourth-order valence-electron chi connectivity index (χ4n) is 4.27. The molecule has 3 N–H and O–H groups in total. The number of aromatic amines is 1. The number of H-pyrrole nitrogens is 1. The molecule has 4 rings (SSSR count). The summed E-state index contributed by atoms with van der Waals surface area (Å²) in [5, 5.41) is 13.8. The van der Waals surface area contributed by atoms with Crippen LogP contribution in [0.25, 0.3) is 10.9 Å². The van der Waals surface area contributed by atoms with Gasteiger partial charge in [-0.1, -0.05) is 47.7 Å². The van der Waals surface area contributed by atoms with Crippen LogP contribution in [-0.2, 0) is 6.42 Å². The van der Waals surface area contributed by atoms with Crippen molar-refractivity contribution in [1.82, 2.24) is 10.3 Å². The van der Waals surface area contributed by atoms with Crippen LogP contribution in [0.4, 0.5) is 13.2 Å². The molecule has 0 radical (unpaired) electrons. The second-order valence-electron chi connectivity index (χ2n) is 9.54. The lowest BCUT2D eigenvalue weighted by Gasteiger charge is -2.29. The predicted octanol–water partition coefficient (Wildman–Crippen LogP) is 5.81. The zero-order chi connectivity index (χ0) is 27.5. The molecule has 1 heterocycles. The molecule has 1 atom stereocenters. The average Bonchev–Trinajstić information content (AvgIpc) is 3.25. The fraction of sp³-hybridized carbons (Fsp3) is 0.233. The molecule has 0 bridgehead atoms. The molecule has 8 heteroatoms. The molecule has 0 saturated carbocycles. The molecule has 0 fully saturated rings. The van der Waals surface area contributed by atoms with Crippen molar-refractivity contribution in [3.63, 3.8) is 0 Å². The summed E-state index contributed by atoms with van der Waals surface area (Å²) in [5.41, 5.74) is 3.38. The van der Waals surface area contributed by atoms with Gasteiger partial charge in [0, 0.05) is 28.2 Å². The molecule has 1 amide bonds. The lowest BCUT2D eigenvalue weighted by Crippen LogP contribution is -2.50. The first-order valence-electron chi connectivity index (χ1n) is 11.9. The molecule has 0 aliphatic rings. The topological polar surface area (TPSA) is 74.3 Å². The highest BCUT2D eigenvalue weighted by molar-refractivity contribution is 5.98. The van der Waals surface area contributed by atoms with Gasteiger partial charge in [-0.3, -0.25) is 4.79 Å². The summed E-state index contributed by atoms with van der Waals surface area (Å²) in [6.07, 6.45) is -2.97. The fourth-order valence-corrected chi connectivity index (χ4v) is 4.27. The van der Waals surface area contributed by atoms with E-state index >= 15 is 0 Å². The number of aryl methyl sites for hydroxylation is 2. The van der Waals surface area contributed by atoms with Crippen molar-refractivity contribution >= 4 is 16.8 Å². The molecule has 196 valence electrons. The number of para-hydroxylation sites is 1. The minimum Gasteiger partial charge on any atom is -0.405 e. The number of aliphatic hydroxyl groups excluding tert-OH is 1.